The number of hydrogen-bond acceptors (Lipinski definition) is 4. The zero-order chi connectivity index (χ0) is 11.8. The van der Waals surface area contributed by atoms with E-state index in [4.69, 9.17) is 15.2 Å². The molecule has 1 fully saturated rings. The first-order chi connectivity index (χ1) is 8.22. The van der Waals surface area contributed by atoms with E-state index in [0.29, 0.717) is 35.4 Å². The number of carbonyl (C=O) groups is 1. The Kier molecular flexibility index (Phi) is 2.31. The van der Waals surface area contributed by atoms with E-state index in [2.05, 4.69) is 5.32 Å². The Hall–Kier alpha value is -1.91. The van der Waals surface area contributed by atoms with Gasteiger partial charge in [0.1, 0.15) is 11.5 Å². The van der Waals surface area contributed by atoms with Crippen LogP contribution in [-0.4, -0.2) is 19.1 Å². The molecule has 1 amide bonds. The summed E-state index contributed by atoms with van der Waals surface area (Å²) in [6, 6.07) is 3.42. The standard InChI is InChI=1S/C12H14N2O3/c13-8-3-11-9(14-12(15)6-17-11)4-10(8)16-5-7-1-2-7/h3-4,7H,1-2,5-6,13H2,(H,14,15). The van der Waals surface area contributed by atoms with Crippen molar-refractivity contribution in [1.29, 1.82) is 0 Å². The summed E-state index contributed by atoms with van der Waals surface area (Å²) in [4.78, 5) is 11.2. The molecule has 0 radical (unpaired) electrons. The van der Waals surface area contributed by atoms with Crippen molar-refractivity contribution >= 4 is 17.3 Å². The molecule has 17 heavy (non-hydrogen) atoms. The Morgan fingerprint density at radius 3 is 3.06 bits per heavy atom. The first kappa shape index (κ1) is 10.3. The van der Waals surface area contributed by atoms with E-state index in [1.54, 1.807) is 12.1 Å². The third kappa shape index (κ3) is 2.13. The number of anilines is 2. The third-order valence-electron chi connectivity index (χ3n) is 2.92. The van der Waals surface area contributed by atoms with Gasteiger partial charge in [0.05, 0.1) is 18.0 Å². The van der Waals surface area contributed by atoms with Gasteiger partial charge >= 0.3 is 0 Å². The van der Waals surface area contributed by atoms with E-state index >= 15 is 0 Å². The van der Waals surface area contributed by atoms with Crippen LogP contribution in [0.2, 0.25) is 0 Å². The van der Waals surface area contributed by atoms with Crippen LogP contribution in [0.15, 0.2) is 12.1 Å². The van der Waals surface area contributed by atoms with E-state index in [1.165, 1.54) is 12.8 Å². The summed E-state index contributed by atoms with van der Waals surface area (Å²) in [6.45, 7) is 0.729. The third-order valence-corrected chi connectivity index (χ3v) is 2.92. The Bertz CT molecular complexity index is 469. The van der Waals surface area contributed by atoms with Gasteiger partial charge in [0.15, 0.2) is 6.61 Å². The van der Waals surface area contributed by atoms with E-state index < -0.39 is 0 Å². The van der Waals surface area contributed by atoms with Crippen LogP contribution in [0.5, 0.6) is 11.5 Å². The molecule has 90 valence electrons. The highest BCUT2D eigenvalue weighted by Crippen LogP contribution is 2.37. The molecular weight excluding hydrogens is 220 g/mol. The molecule has 1 aliphatic heterocycles. The van der Waals surface area contributed by atoms with Crippen molar-refractivity contribution in [3.63, 3.8) is 0 Å². The van der Waals surface area contributed by atoms with Crippen LogP contribution in [0, 0.1) is 5.92 Å². The molecule has 0 saturated heterocycles. The minimum atomic E-state index is -0.157. The van der Waals surface area contributed by atoms with E-state index in [9.17, 15) is 4.79 Å². The number of rotatable bonds is 3. The van der Waals surface area contributed by atoms with Crippen molar-refractivity contribution in [2.75, 3.05) is 24.3 Å². The topological polar surface area (TPSA) is 73.6 Å². The van der Waals surface area contributed by atoms with Gasteiger partial charge in [-0.1, -0.05) is 0 Å². The summed E-state index contributed by atoms with van der Waals surface area (Å²) in [5, 5.41) is 2.73. The van der Waals surface area contributed by atoms with Gasteiger partial charge < -0.3 is 20.5 Å². The average molecular weight is 234 g/mol. The Balaban J connectivity index is 1.82. The fraction of sp³-hybridized carbons (Fsp3) is 0.417. The van der Waals surface area contributed by atoms with Gasteiger partial charge in [-0.15, -0.1) is 0 Å². The minimum Gasteiger partial charge on any atom is -0.491 e. The van der Waals surface area contributed by atoms with Gasteiger partial charge in [0, 0.05) is 12.1 Å². The smallest absolute Gasteiger partial charge is 0.262 e. The summed E-state index contributed by atoms with van der Waals surface area (Å²) in [7, 11) is 0. The van der Waals surface area contributed by atoms with Crippen molar-refractivity contribution < 1.29 is 14.3 Å². The number of benzene rings is 1. The maximum Gasteiger partial charge on any atom is 0.262 e. The second-order valence-electron chi connectivity index (χ2n) is 4.48. The molecule has 0 atom stereocenters. The van der Waals surface area contributed by atoms with Crippen LogP contribution in [0.4, 0.5) is 11.4 Å². The Labute approximate surface area is 98.9 Å². The second kappa shape index (κ2) is 3.84. The summed E-state index contributed by atoms with van der Waals surface area (Å²) >= 11 is 0. The highest BCUT2D eigenvalue weighted by molar-refractivity contribution is 5.96. The van der Waals surface area contributed by atoms with Gasteiger partial charge in [-0.25, -0.2) is 0 Å². The maximum absolute atomic E-state index is 11.2. The normalized spacial score (nSPS) is 18.0. The van der Waals surface area contributed by atoms with Crippen LogP contribution in [0.3, 0.4) is 0 Å². The molecule has 1 aliphatic carbocycles. The zero-order valence-electron chi connectivity index (χ0n) is 9.36. The predicted octanol–water partition coefficient (Wildman–Crippen LogP) is 1.39. The molecule has 5 heteroatoms. The van der Waals surface area contributed by atoms with Crippen LogP contribution < -0.4 is 20.5 Å². The maximum atomic E-state index is 11.2. The fourth-order valence-corrected chi connectivity index (χ4v) is 1.74. The van der Waals surface area contributed by atoms with Crippen LogP contribution in [-0.2, 0) is 4.79 Å². The number of nitrogens with two attached hydrogens (primary N) is 1. The van der Waals surface area contributed by atoms with Crippen molar-refractivity contribution in [3.05, 3.63) is 12.1 Å². The summed E-state index contributed by atoms with van der Waals surface area (Å²) in [5.74, 6) is 1.72. The second-order valence-corrected chi connectivity index (χ2v) is 4.48. The number of carbonyl (C=O) groups excluding carboxylic acids is 1. The number of amides is 1. The predicted molar refractivity (Wildman–Crippen MR) is 63.2 cm³/mol. The summed E-state index contributed by atoms with van der Waals surface area (Å²) in [5.41, 5.74) is 7.04. The first-order valence-electron chi connectivity index (χ1n) is 5.71. The van der Waals surface area contributed by atoms with Crippen molar-refractivity contribution in [3.8, 4) is 11.5 Å². The molecule has 0 spiro atoms. The average Bonchev–Trinajstić information content (AvgIpc) is 3.11. The lowest BCUT2D eigenvalue weighted by molar-refractivity contribution is -0.118. The van der Waals surface area contributed by atoms with Gasteiger partial charge in [-0.3, -0.25) is 4.79 Å². The van der Waals surface area contributed by atoms with Crippen LogP contribution >= 0.6 is 0 Å². The molecular formula is C12H14N2O3. The van der Waals surface area contributed by atoms with Crippen LogP contribution in [0.25, 0.3) is 0 Å². The summed E-state index contributed by atoms with van der Waals surface area (Å²) in [6.07, 6.45) is 2.45. The van der Waals surface area contributed by atoms with Gasteiger partial charge in [0.25, 0.3) is 5.91 Å². The monoisotopic (exact) mass is 234 g/mol. The highest BCUT2D eigenvalue weighted by Gasteiger charge is 2.23. The quantitative estimate of drug-likeness (QED) is 0.775. The van der Waals surface area contributed by atoms with Crippen molar-refractivity contribution in [2.24, 2.45) is 5.92 Å². The molecule has 1 heterocycles. The highest BCUT2D eigenvalue weighted by atomic mass is 16.5. The van der Waals surface area contributed by atoms with Crippen molar-refractivity contribution in [1.82, 2.24) is 0 Å². The van der Waals surface area contributed by atoms with Gasteiger partial charge in [-0.2, -0.15) is 0 Å². The first-order valence-corrected chi connectivity index (χ1v) is 5.71. The van der Waals surface area contributed by atoms with E-state index in [1.807, 2.05) is 0 Å². The lowest BCUT2D eigenvalue weighted by Gasteiger charge is -2.20. The van der Waals surface area contributed by atoms with Gasteiger partial charge in [-0.05, 0) is 18.8 Å². The van der Waals surface area contributed by atoms with E-state index in [-0.39, 0.29) is 12.5 Å². The molecule has 2 aliphatic rings. The Morgan fingerprint density at radius 1 is 1.47 bits per heavy atom. The molecule has 3 rings (SSSR count). The number of ether oxygens (including phenoxy) is 2. The number of hydrogen-bond donors (Lipinski definition) is 2. The van der Waals surface area contributed by atoms with E-state index in [0.717, 1.165) is 0 Å². The minimum absolute atomic E-state index is 0.0364. The molecule has 3 N–H and O–H groups in total. The molecule has 1 aromatic carbocycles. The SMILES string of the molecule is Nc1cc2c(cc1OCC1CC1)NC(=O)CO2. The lowest BCUT2D eigenvalue weighted by atomic mass is 10.2. The molecule has 0 unspecified atom stereocenters. The summed E-state index contributed by atoms with van der Waals surface area (Å²) < 4.78 is 10.9. The molecule has 5 nitrogen and oxygen atoms in total. The van der Waals surface area contributed by atoms with Gasteiger partial charge in [0.2, 0.25) is 0 Å². The Morgan fingerprint density at radius 2 is 2.29 bits per heavy atom. The number of fused-ring (bicyclic) bond motifs is 1. The molecule has 0 bridgehead atoms. The zero-order valence-corrected chi connectivity index (χ0v) is 9.36. The number of nitrogens with one attached hydrogen (secondary N) is 1. The van der Waals surface area contributed by atoms with Crippen molar-refractivity contribution in [2.45, 2.75) is 12.8 Å². The molecule has 0 aromatic heterocycles. The lowest BCUT2D eigenvalue weighted by Crippen LogP contribution is -2.25. The largest absolute Gasteiger partial charge is 0.491 e. The molecule has 1 aromatic rings. The molecule has 1 saturated carbocycles. The van der Waals surface area contributed by atoms with Crippen LogP contribution in [0.1, 0.15) is 12.8 Å². The fourth-order valence-electron chi connectivity index (χ4n) is 1.74. The number of nitrogen functional groups attached to an aromatic ring is 1.